The van der Waals surface area contributed by atoms with E-state index in [1.807, 2.05) is 0 Å². The van der Waals surface area contributed by atoms with Gasteiger partial charge in [0.2, 0.25) is 0 Å². The first-order valence-electron chi connectivity index (χ1n) is 7.56. The largest absolute Gasteiger partial charge is 0.380 e. The molecule has 0 aliphatic rings. The number of hydrogen-bond donors (Lipinski definition) is 1. The number of hydrogen-bond acceptors (Lipinski definition) is 2. The van der Waals surface area contributed by atoms with Crippen LogP contribution in [0.15, 0.2) is 24.3 Å². The molecule has 0 aromatic heterocycles. The van der Waals surface area contributed by atoms with Crippen molar-refractivity contribution in [3.63, 3.8) is 0 Å². The van der Waals surface area contributed by atoms with Gasteiger partial charge in [0.1, 0.15) is 0 Å². The topological polar surface area (TPSA) is 21.3 Å². The Morgan fingerprint density at radius 2 is 1.63 bits per heavy atom. The van der Waals surface area contributed by atoms with Crippen LogP contribution in [0.1, 0.15) is 63.6 Å². The molecule has 0 amide bonds. The summed E-state index contributed by atoms with van der Waals surface area (Å²) in [5, 5.41) is 3.50. The molecule has 1 atom stereocenters. The van der Waals surface area contributed by atoms with E-state index in [9.17, 15) is 0 Å². The molecule has 0 aliphatic heterocycles. The monoisotopic (exact) mass is 263 g/mol. The van der Waals surface area contributed by atoms with Crippen molar-refractivity contribution in [2.75, 3.05) is 19.8 Å². The molecule has 1 unspecified atom stereocenters. The second-order valence-electron chi connectivity index (χ2n) is 5.46. The van der Waals surface area contributed by atoms with E-state index in [4.69, 9.17) is 4.74 Å². The van der Waals surface area contributed by atoms with Gasteiger partial charge in [0.05, 0.1) is 6.61 Å². The zero-order valence-corrected chi connectivity index (χ0v) is 12.9. The summed E-state index contributed by atoms with van der Waals surface area (Å²) in [6, 6.07) is 9.30. The molecule has 0 aliphatic carbocycles. The minimum Gasteiger partial charge on any atom is -0.380 e. The summed E-state index contributed by atoms with van der Waals surface area (Å²) >= 11 is 0. The van der Waals surface area contributed by atoms with Crippen molar-refractivity contribution in [1.82, 2.24) is 5.32 Å². The van der Waals surface area contributed by atoms with E-state index in [1.54, 1.807) is 0 Å². The first-order chi connectivity index (χ1) is 9.15. The molecule has 0 radical (unpaired) electrons. The van der Waals surface area contributed by atoms with E-state index in [0.29, 0.717) is 12.0 Å². The molecule has 2 nitrogen and oxygen atoms in total. The van der Waals surface area contributed by atoms with Crippen LogP contribution in [0.25, 0.3) is 0 Å². The molecule has 0 saturated carbocycles. The van der Waals surface area contributed by atoms with Crippen molar-refractivity contribution in [3.05, 3.63) is 35.4 Å². The molecule has 1 rings (SSSR count). The van der Waals surface area contributed by atoms with Crippen molar-refractivity contribution in [3.8, 4) is 0 Å². The summed E-state index contributed by atoms with van der Waals surface area (Å²) < 4.78 is 5.55. The Labute approximate surface area is 118 Å². The SMILES string of the molecule is CCCCOCCNC(C)c1ccc(C(C)C)cc1. The molecule has 108 valence electrons. The van der Waals surface area contributed by atoms with Crippen LogP contribution in [0.3, 0.4) is 0 Å². The third-order valence-corrected chi connectivity index (χ3v) is 3.44. The van der Waals surface area contributed by atoms with Gasteiger partial charge in [-0.05, 0) is 30.4 Å². The van der Waals surface area contributed by atoms with Gasteiger partial charge in [-0.15, -0.1) is 0 Å². The Morgan fingerprint density at radius 1 is 1.00 bits per heavy atom. The van der Waals surface area contributed by atoms with Gasteiger partial charge in [0.15, 0.2) is 0 Å². The lowest BCUT2D eigenvalue weighted by molar-refractivity contribution is 0.131. The van der Waals surface area contributed by atoms with E-state index in [0.717, 1.165) is 26.2 Å². The van der Waals surface area contributed by atoms with Crippen LogP contribution < -0.4 is 5.32 Å². The van der Waals surface area contributed by atoms with Gasteiger partial charge >= 0.3 is 0 Å². The van der Waals surface area contributed by atoms with E-state index >= 15 is 0 Å². The van der Waals surface area contributed by atoms with Gasteiger partial charge in [0, 0.05) is 19.2 Å². The summed E-state index contributed by atoms with van der Waals surface area (Å²) in [6.07, 6.45) is 2.36. The number of rotatable bonds is 9. The van der Waals surface area contributed by atoms with Crippen LogP contribution in [0.5, 0.6) is 0 Å². The lowest BCUT2D eigenvalue weighted by Gasteiger charge is -2.15. The maximum Gasteiger partial charge on any atom is 0.0591 e. The molecule has 0 heterocycles. The molecular weight excluding hydrogens is 234 g/mol. The normalized spacial score (nSPS) is 12.9. The Hall–Kier alpha value is -0.860. The molecule has 1 aromatic carbocycles. The van der Waals surface area contributed by atoms with Crippen molar-refractivity contribution in [2.24, 2.45) is 0 Å². The first kappa shape index (κ1) is 16.2. The van der Waals surface area contributed by atoms with Crippen molar-refractivity contribution in [1.29, 1.82) is 0 Å². The fourth-order valence-electron chi connectivity index (χ4n) is 1.98. The molecule has 0 saturated heterocycles. The Morgan fingerprint density at radius 3 is 2.21 bits per heavy atom. The second-order valence-corrected chi connectivity index (χ2v) is 5.46. The maximum absolute atomic E-state index is 5.55. The fraction of sp³-hybridized carbons (Fsp3) is 0.647. The Kier molecular flexibility index (Phi) is 7.76. The van der Waals surface area contributed by atoms with Crippen LogP contribution in [-0.2, 0) is 4.74 Å². The standard InChI is InChI=1S/C17H29NO/c1-5-6-12-19-13-11-18-15(4)17-9-7-16(8-10-17)14(2)3/h7-10,14-15,18H,5-6,11-13H2,1-4H3. The van der Waals surface area contributed by atoms with E-state index < -0.39 is 0 Å². The quantitative estimate of drug-likeness (QED) is 0.672. The van der Waals surface area contributed by atoms with Gasteiger partial charge in [-0.3, -0.25) is 0 Å². The van der Waals surface area contributed by atoms with Crippen molar-refractivity contribution in [2.45, 2.75) is 52.5 Å². The minimum atomic E-state index is 0.385. The van der Waals surface area contributed by atoms with E-state index in [-0.39, 0.29) is 0 Å². The molecule has 0 fully saturated rings. The molecule has 0 spiro atoms. The smallest absolute Gasteiger partial charge is 0.0591 e. The van der Waals surface area contributed by atoms with Crippen molar-refractivity contribution >= 4 is 0 Å². The van der Waals surface area contributed by atoms with Gasteiger partial charge in [-0.25, -0.2) is 0 Å². The highest BCUT2D eigenvalue weighted by molar-refractivity contribution is 5.26. The van der Waals surface area contributed by atoms with E-state index in [1.165, 1.54) is 17.5 Å². The van der Waals surface area contributed by atoms with Gasteiger partial charge in [-0.2, -0.15) is 0 Å². The van der Waals surface area contributed by atoms with Crippen LogP contribution in [0, 0.1) is 0 Å². The van der Waals surface area contributed by atoms with Crippen LogP contribution >= 0.6 is 0 Å². The minimum absolute atomic E-state index is 0.385. The number of unbranched alkanes of at least 4 members (excludes halogenated alkanes) is 1. The average molecular weight is 263 g/mol. The molecule has 1 aromatic rings. The van der Waals surface area contributed by atoms with Gasteiger partial charge < -0.3 is 10.1 Å². The number of nitrogens with one attached hydrogen (secondary N) is 1. The number of benzene rings is 1. The lowest BCUT2D eigenvalue weighted by Crippen LogP contribution is -2.23. The molecule has 19 heavy (non-hydrogen) atoms. The highest BCUT2D eigenvalue weighted by Crippen LogP contribution is 2.18. The third-order valence-electron chi connectivity index (χ3n) is 3.44. The molecule has 1 N–H and O–H groups in total. The van der Waals surface area contributed by atoms with Crippen LogP contribution in [-0.4, -0.2) is 19.8 Å². The van der Waals surface area contributed by atoms with E-state index in [2.05, 4.69) is 57.3 Å². The van der Waals surface area contributed by atoms with Gasteiger partial charge in [-0.1, -0.05) is 51.5 Å². The summed E-state index contributed by atoms with van der Waals surface area (Å²) in [5.41, 5.74) is 2.75. The molecule has 2 heteroatoms. The van der Waals surface area contributed by atoms with Gasteiger partial charge in [0.25, 0.3) is 0 Å². The Bertz CT molecular complexity index is 332. The highest BCUT2D eigenvalue weighted by Gasteiger charge is 2.05. The zero-order valence-electron chi connectivity index (χ0n) is 12.9. The number of ether oxygens (including phenoxy) is 1. The van der Waals surface area contributed by atoms with Crippen molar-refractivity contribution < 1.29 is 4.74 Å². The molecular formula is C17H29NO. The predicted octanol–water partition coefficient (Wildman–Crippen LogP) is 4.28. The Balaban J connectivity index is 2.27. The highest BCUT2D eigenvalue weighted by atomic mass is 16.5. The lowest BCUT2D eigenvalue weighted by atomic mass is 10.00. The fourth-order valence-corrected chi connectivity index (χ4v) is 1.98. The maximum atomic E-state index is 5.55. The first-order valence-corrected chi connectivity index (χ1v) is 7.56. The summed E-state index contributed by atoms with van der Waals surface area (Å²) in [6.45, 7) is 11.4. The van der Waals surface area contributed by atoms with Crippen LogP contribution in [0.4, 0.5) is 0 Å². The summed E-state index contributed by atoms with van der Waals surface area (Å²) in [7, 11) is 0. The predicted molar refractivity (Wildman–Crippen MR) is 82.7 cm³/mol. The summed E-state index contributed by atoms with van der Waals surface area (Å²) in [4.78, 5) is 0. The zero-order chi connectivity index (χ0) is 14.1. The second kappa shape index (κ2) is 9.11. The third kappa shape index (κ3) is 6.22. The molecule has 0 bridgehead atoms. The van der Waals surface area contributed by atoms with Crippen LogP contribution in [0.2, 0.25) is 0 Å². The summed E-state index contributed by atoms with van der Waals surface area (Å²) in [5.74, 6) is 0.601. The average Bonchev–Trinajstić information content (AvgIpc) is 2.42.